The third kappa shape index (κ3) is 1.69. The highest BCUT2D eigenvalue weighted by molar-refractivity contribution is 7.10. The van der Waals surface area contributed by atoms with Crippen LogP contribution in [-0.4, -0.2) is 15.2 Å². The number of fused-ring (bicyclic) bond motifs is 3. The molecule has 0 radical (unpaired) electrons. The molecule has 4 heteroatoms. The van der Waals surface area contributed by atoms with Crippen molar-refractivity contribution < 1.29 is 4.39 Å². The van der Waals surface area contributed by atoms with E-state index in [2.05, 4.69) is 21.0 Å². The molecule has 0 bridgehead atoms. The standard InChI is InChI=1S/C15H17FN2S/c1-15(16)5-2-3-10(7-15)13-14-11(4-6-19-14)12-8-17-9-18(12)13/h4,6,8-10,13H,2-3,5,7H2,1H3/t10-,13-,15?/m1/s1. The molecule has 19 heavy (non-hydrogen) atoms. The van der Waals surface area contributed by atoms with Gasteiger partial charge in [-0.1, -0.05) is 0 Å². The molecule has 2 aromatic rings. The first-order chi connectivity index (χ1) is 9.16. The molecule has 1 aliphatic carbocycles. The Labute approximate surface area is 116 Å². The van der Waals surface area contributed by atoms with Crippen molar-refractivity contribution in [2.75, 3.05) is 0 Å². The number of imidazole rings is 1. The minimum absolute atomic E-state index is 0.308. The van der Waals surface area contributed by atoms with Crippen molar-refractivity contribution in [1.82, 2.24) is 9.55 Å². The number of thiophene rings is 1. The molecular weight excluding hydrogens is 259 g/mol. The van der Waals surface area contributed by atoms with Gasteiger partial charge < -0.3 is 4.57 Å². The molecule has 0 spiro atoms. The summed E-state index contributed by atoms with van der Waals surface area (Å²) in [5.41, 5.74) is 1.51. The number of halogens is 1. The molecule has 1 unspecified atom stereocenters. The van der Waals surface area contributed by atoms with Crippen molar-refractivity contribution in [2.24, 2.45) is 5.92 Å². The largest absolute Gasteiger partial charge is 0.322 e. The van der Waals surface area contributed by atoms with Gasteiger partial charge in [0.1, 0.15) is 5.67 Å². The predicted molar refractivity (Wildman–Crippen MR) is 75.2 cm³/mol. The highest BCUT2D eigenvalue weighted by atomic mass is 32.1. The van der Waals surface area contributed by atoms with E-state index in [0.29, 0.717) is 24.8 Å². The summed E-state index contributed by atoms with van der Waals surface area (Å²) in [5.74, 6) is 0.400. The Kier molecular flexibility index (Phi) is 2.40. The van der Waals surface area contributed by atoms with Crippen LogP contribution in [0.15, 0.2) is 24.0 Å². The van der Waals surface area contributed by atoms with Gasteiger partial charge in [-0.2, -0.15) is 0 Å². The van der Waals surface area contributed by atoms with Crippen LogP contribution in [0, 0.1) is 5.92 Å². The van der Waals surface area contributed by atoms with Gasteiger partial charge in [0.2, 0.25) is 0 Å². The number of rotatable bonds is 1. The minimum Gasteiger partial charge on any atom is -0.322 e. The molecule has 2 aromatic heterocycles. The lowest BCUT2D eigenvalue weighted by Crippen LogP contribution is -2.31. The van der Waals surface area contributed by atoms with Crippen molar-refractivity contribution in [3.63, 3.8) is 0 Å². The molecule has 1 aliphatic heterocycles. The first-order valence-electron chi connectivity index (χ1n) is 6.94. The molecule has 4 rings (SSSR count). The summed E-state index contributed by atoms with van der Waals surface area (Å²) in [6.07, 6.45) is 7.36. The van der Waals surface area contributed by atoms with Crippen LogP contribution in [-0.2, 0) is 0 Å². The Morgan fingerprint density at radius 2 is 2.42 bits per heavy atom. The lowest BCUT2D eigenvalue weighted by atomic mass is 9.76. The number of hydrogen-bond donors (Lipinski definition) is 0. The van der Waals surface area contributed by atoms with Crippen molar-refractivity contribution in [2.45, 2.75) is 44.3 Å². The fraction of sp³-hybridized carbons (Fsp3) is 0.533. The minimum atomic E-state index is -0.996. The molecular formula is C15H17FN2S. The molecule has 0 aromatic carbocycles. The van der Waals surface area contributed by atoms with Gasteiger partial charge in [-0.15, -0.1) is 11.3 Å². The smallest absolute Gasteiger partial charge is 0.108 e. The third-order valence-electron chi connectivity index (χ3n) is 4.61. The highest BCUT2D eigenvalue weighted by Crippen LogP contribution is 2.51. The molecule has 1 fully saturated rings. The summed E-state index contributed by atoms with van der Waals surface area (Å²) in [5, 5.41) is 2.14. The van der Waals surface area contributed by atoms with Gasteiger partial charge in [0.25, 0.3) is 0 Å². The van der Waals surface area contributed by atoms with Gasteiger partial charge in [0, 0.05) is 10.4 Å². The molecule has 0 saturated heterocycles. The van der Waals surface area contributed by atoms with E-state index >= 15 is 0 Å². The summed E-state index contributed by atoms with van der Waals surface area (Å²) in [7, 11) is 0. The van der Waals surface area contributed by atoms with Crippen molar-refractivity contribution in [3.8, 4) is 11.3 Å². The van der Waals surface area contributed by atoms with E-state index in [0.717, 1.165) is 12.8 Å². The summed E-state index contributed by atoms with van der Waals surface area (Å²) >= 11 is 1.80. The molecule has 2 nitrogen and oxygen atoms in total. The van der Waals surface area contributed by atoms with Gasteiger partial charge in [0.15, 0.2) is 0 Å². The second kappa shape index (κ2) is 3.92. The van der Waals surface area contributed by atoms with Gasteiger partial charge in [-0.25, -0.2) is 9.37 Å². The Bertz CT molecular complexity index is 573. The summed E-state index contributed by atoms with van der Waals surface area (Å²) in [4.78, 5) is 5.68. The Morgan fingerprint density at radius 1 is 1.53 bits per heavy atom. The monoisotopic (exact) mass is 276 g/mol. The van der Waals surface area contributed by atoms with Crippen LogP contribution in [0.2, 0.25) is 0 Å². The van der Waals surface area contributed by atoms with Crippen LogP contribution in [0.5, 0.6) is 0 Å². The van der Waals surface area contributed by atoms with Gasteiger partial charge in [-0.05, 0) is 50.0 Å². The van der Waals surface area contributed by atoms with Crippen LogP contribution < -0.4 is 0 Å². The summed E-state index contributed by atoms with van der Waals surface area (Å²) < 4.78 is 16.6. The maximum absolute atomic E-state index is 14.4. The first kappa shape index (κ1) is 11.6. The van der Waals surface area contributed by atoms with E-state index in [1.807, 2.05) is 12.5 Å². The second-order valence-corrected chi connectivity index (χ2v) is 7.05. The van der Waals surface area contributed by atoms with E-state index in [-0.39, 0.29) is 0 Å². The lowest BCUT2D eigenvalue weighted by Gasteiger charge is -2.35. The van der Waals surface area contributed by atoms with Crippen LogP contribution in [0.1, 0.15) is 43.5 Å². The maximum atomic E-state index is 14.4. The number of hydrogen-bond acceptors (Lipinski definition) is 2. The van der Waals surface area contributed by atoms with E-state index < -0.39 is 5.67 Å². The van der Waals surface area contributed by atoms with E-state index in [9.17, 15) is 4.39 Å². The lowest BCUT2D eigenvalue weighted by molar-refractivity contribution is 0.0808. The van der Waals surface area contributed by atoms with Crippen molar-refractivity contribution in [1.29, 1.82) is 0 Å². The molecule has 0 amide bonds. The van der Waals surface area contributed by atoms with E-state index in [1.165, 1.54) is 16.1 Å². The summed E-state index contributed by atoms with van der Waals surface area (Å²) in [6.45, 7) is 1.76. The first-order valence-corrected chi connectivity index (χ1v) is 7.82. The normalized spacial score (nSPS) is 33.2. The molecule has 2 aliphatic rings. The van der Waals surface area contributed by atoms with Gasteiger partial charge in [0.05, 0.1) is 24.3 Å². The molecule has 100 valence electrons. The molecule has 0 N–H and O–H groups in total. The fourth-order valence-electron chi connectivity index (χ4n) is 3.82. The van der Waals surface area contributed by atoms with Crippen molar-refractivity contribution in [3.05, 3.63) is 28.8 Å². The van der Waals surface area contributed by atoms with E-state index in [4.69, 9.17) is 0 Å². The fourth-order valence-corrected chi connectivity index (χ4v) is 4.91. The van der Waals surface area contributed by atoms with Crippen LogP contribution in [0.25, 0.3) is 11.3 Å². The third-order valence-corrected chi connectivity index (χ3v) is 5.60. The van der Waals surface area contributed by atoms with Crippen molar-refractivity contribution >= 4 is 11.3 Å². The molecule has 1 saturated carbocycles. The predicted octanol–water partition coefficient (Wildman–Crippen LogP) is 4.43. The SMILES string of the molecule is CC1(F)CCC[C@@H]([C@@H]2c3sccc3-c3cncn32)C1. The van der Waals surface area contributed by atoms with Crippen LogP contribution >= 0.6 is 11.3 Å². The zero-order valence-corrected chi connectivity index (χ0v) is 11.8. The summed E-state index contributed by atoms with van der Waals surface area (Å²) in [6, 6.07) is 2.48. The van der Waals surface area contributed by atoms with Gasteiger partial charge >= 0.3 is 0 Å². The zero-order valence-electron chi connectivity index (χ0n) is 11.0. The van der Waals surface area contributed by atoms with E-state index in [1.54, 1.807) is 18.3 Å². The quantitative estimate of drug-likeness (QED) is 0.753. The number of aromatic nitrogens is 2. The number of nitrogens with zero attached hydrogens (tertiary/aromatic N) is 2. The number of alkyl halides is 1. The topological polar surface area (TPSA) is 17.8 Å². The Morgan fingerprint density at radius 3 is 3.26 bits per heavy atom. The Balaban J connectivity index is 1.76. The molecule has 3 atom stereocenters. The van der Waals surface area contributed by atoms with Crippen LogP contribution in [0.4, 0.5) is 4.39 Å². The van der Waals surface area contributed by atoms with Crippen LogP contribution in [0.3, 0.4) is 0 Å². The average Bonchev–Trinajstić information content (AvgIpc) is 2.98. The zero-order chi connectivity index (χ0) is 13.0. The van der Waals surface area contributed by atoms with Gasteiger partial charge in [-0.3, -0.25) is 0 Å². The molecule has 3 heterocycles. The second-order valence-electron chi connectivity index (χ2n) is 6.10. The average molecular weight is 276 g/mol. The maximum Gasteiger partial charge on any atom is 0.108 e. The highest BCUT2D eigenvalue weighted by Gasteiger charge is 2.41. The Hall–Kier alpha value is -1.16.